The molecule has 2 atom stereocenters. The van der Waals surface area contributed by atoms with Gasteiger partial charge in [-0.1, -0.05) is 38.5 Å². The molecule has 1 aliphatic rings. The number of hydrogen-bond acceptors (Lipinski definition) is 4. The van der Waals surface area contributed by atoms with E-state index in [0.29, 0.717) is 0 Å². The lowest BCUT2D eigenvalue weighted by Crippen LogP contribution is -2.52. The van der Waals surface area contributed by atoms with Crippen molar-refractivity contribution in [1.82, 2.24) is 10.2 Å². The smallest absolute Gasteiger partial charge is 0.319 e. The lowest BCUT2D eigenvalue weighted by Gasteiger charge is -2.43. The van der Waals surface area contributed by atoms with Gasteiger partial charge in [-0.2, -0.15) is 0 Å². The fourth-order valence-electron chi connectivity index (χ4n) is 4.37. The number of carbonyl (C=O) groups is 1. The van der Waals surface area contributed by atoms with Crippen LogP contribution in [-0.2, 0) is 6.42 Å². The number of urea groups is 1. The minimum Gasteiger partial charge on any atom is -0.493 e. The molecule has 3 rings (SSSR count). The van der Waals surface area contributed by atoms with E-state index in [1.54, 1.807) is 14.2 Å². The van der Waals surface area contributed by atoms with Crippen LogP contribution in [0.1, 0.15) is 43.5 Å². The Kier molecular flexibility index (Phi) is 7.44. The Morgan fingerprint density at radius 3 is 2.35 bits per heavy atom. The highest BCUT2D eigenvalue weighted by molar-refractivity contribution is 5.89. The number of fused-ring (bicyclic) bond motifs is 1. The first kappa shape index (κ1) is 22.9. The summed E-state index contributed by atoms with van der Waals surface area (Å²) in [6.07, 6.45) is 0.945. The van der Waals surface area contributed by atoms with E-state index in [2.05, 4.69) is 48.4 Å². The number of likely N-dealkylation sites (N-methyl/N-ethyl adjacent to an activating group) is 1. The number of carbonyl (C=O) groups excluding carboxylic acids is 1. The predicted molar refractivity (Wildman–Crippen MR) is 125 cm³/mol. The zero-order valence-electron chi connectivity index (χ0n) is 19.5. The summed E-state index contributed by atoms with van der Waals surface area (Å²) in [7, 11) is 3.32. The van der Waals surface area contributed by atoms with Gasteiger partial charge < -0.3 is 20.1 Å². The SMILES string of the molecule is CCN1CCc2cc(OC)c(OC)cc2[C@@H]1[C@H](NC(=O)Nc1ccc(C)cc1)C(C)C. The molecule has 0 unspecified atom stereocenters. The molecule has 0 aromatic heterocycles. The average Bonchev–Trinajstić information content (AvgIpc) is 2.77. The quantitative estimate of drug-likeness (QED) is 0.670. The van der Waals surface area contributed by atoms with Gasteiger partial charge in [0.2, 0.25) is 0 Å². The number of anilines is 1. The fraction of sp³-hybridized carbons (Fsp3) is 0.480. The number of rotatable bonds is 7. The molecular formula is C25H35N3O3. The van der Waals surface area contributed by atoms with Gasteiger partial charge in [-0.25, -0.2) is 4.79 Å². The number of aryl methyl sites for hydroxylation is 1. The maximum Gasteiger partial charge on any atom is 0.319 e. The van der Waals surface area contributed by atoms with Crippen molar-refractivity contribution in [1.29, 1.82) is 0 Å². The van der Waals surface area contributed by atoms with Crippen molar-refractivity contribution in [3.8, 4) is 11.5 Å². The van der Waals surface area contributed by atoms with Crippen LogP contribution < -0.4 is 20.1 Å². The highest BCUT2D eigenvalue weighted by Gasteiger charge is 2.36. The number of nitrogens with one attached hydrogen (secondary N) is 2. The topological polar surface area (TPSA) is 62.8 Å². The van der Waals surface area contributed by atoms with Crippen molar-refractivity contribution >= 4 is 11.7 Å². The summed E-state index contributed by atoms with van der Waals surface area (Å²) < 4.78 is 11.1. The molecule has 0 aliphatic carbocycles. The maximum atomic E-state index is 12.9. The van der Waals surface area contributed by atoms with Crippen LogP contribution in [0.4, 0.5) is 10.5 Å². The Morgan fingerprint density at radius 1 is 1.13 bits per heavy atom. The molecule has 6 heteroatoms. The van der Waals surface area contributed by atoms with Crippen molar-refractivity contribution in [3.05, 3.63) is 53.1 Å². The zero-order chi connectivity index (χ0) is 22.5. The summed E-state index contributed by atoms with van der Waals surface area (Å²) in [6, 6.07) is 11.8. The van der Waals surface area contributed by atoms with Crippen LogP contribution in [0, 0.1) is 12.8 Å². The van der Waals surface area contributed by atoms with Gasteiger partial charge in [0, 0.05) is 12.2 Å². The first-order valence-corrected chi connectivity index (χ1v) is 11.0. The fourth-order valence-corrected chi connectivity index (χ4v) is 4.37. The molecule has 1 aliphatic heterocycles. The summed E-state index contributed by atoms with van der Waals surface area (Å²) >= 11 is 0. The second kappa shape index (κ2) is 10.1. The average molecular weight is 426 g/mol. The van der Waals surface area contributed by atoms with Crippen LogP contribution >= 0.6 is 0 Å². The molecule has 1 heterocycles. The zero-order valence-corrected chi connectivity index (χ0v) is 19.5. The Hall–Kier alpha value is -2.73. The number of nitrogens with zero attached hydrogens (tertiary/aromatic N) is 1. The van der Waals surface area contributed by atoms with Crippen molar-refractivity contribution in [2.45, 2.75) is 46.2 Å². The first-order chi connectivity index (χ1) is 14.9. The number of amides is 2. The summed E-state index contributed by atoms with van der Waals surface area (Å²) in [5.74, 6) is 1.70. The molecule has 2 N–H and O–H groups in total. The van der Waals surface area contributed by atoms with E-state index in [1.807, 2.05) is 31.2 Å². The van der Waals surface area contributed by atoms with Gasteiger partial charge in [0.1, 0.15) is 0 Å². The molecule has 0 saturated heterocycles. The third-order valence-electron chi connectivity index (χ3n) is 6.10. The monoisotopic (exact) mass is 425 g/mol. The van der Waals surface area contributed by atoms with Gasteiger partial charge >= 0.3 is 6.03 Å². The second-order valence-corrected chi connectivity index (χ2v) is 8.46. The second-order valence-electron chi connectivity index (χ2n) is 8.46. The molecular weight excluding hydrogens is 390 g/mol. The van der Waals surface area contributed by atoms with Gasteiger partial charge in [-0.3, -0.25) is 4.90 Å². The van der Waals surface area contributed by atoms with Gasteiger partial charge in [0.05, 0.1) is 26.3 Å². The van der Waals surface area contributed by atoms with Crippen molar-refractivity contribution in [3.63, 3.8) is 0 Å². The van der Waals surface area contributed by atoms with Gasteiger partial charge in [-0.15, -0.1) is 0 Å². The molecule has 31 heavy (non-hydrogen) atoms. The Balaban J connectivity index is 1.91. The largest absolute Gasteiger partial charge is 0.493 e. The molecule has 0 bridgehead atoms. The normalized spacial score (nSPS) is 17.1. The molecule has 0 fully saturated rings. The summed E-state index contributed by atoms with van der Waals surface area (Å²) in [6.45, 7) is 10.3. The van der Waals surface area contributed by atoms with Crippen molar-refractivity contribution in [2.75, 3.05) is 32.6 Å². The summed E-state index contributed by atoms with van der Waals surface area (Å²) in [5, 5.41) is 6.23. The Labute approximate surface area is 185 Å². The lowest BCUT2D eigenvalue weighted by molar-refractivity contribution is 0.134. The van der Waals surface area contributed by atoms with E-state index in [0.717, 1.165) is 42.3 Å². The van der Waals surface area contributed by atoms with Crippen LogP contribution in [0.2, 0.25) is 0 Å². The molecule has 0 spiro atoms. The Bertz CT molecular complexity index is 896. The molecule has 2 aromatic rings. The standard InChI is InChI=1S/C25H35N3O3/c1-7-28-13-12-18-14-21(30-5)22(31-6)15-20(18)24(28)23(16(2)3)27-25(29)26-19-10-8-17(4)9-11-19/h8-11,14-16,23-24H,7,12-13H2,1-6H3,(H2,26,27,29)/t23-,24-/m1/s1. The summed E-state index contributed by atoms with van der Waals surface area (Å²) in [5.41, 5.74) is 4.39. The summed E-state index contributed by atoms with van der Waals surface area (Å²) in [4.78, 5) is 15.3. The minimum atomic E-state index is -0.189. The lowest BCUT2D eigenvalue weighted by atomic mass is 9.83. The van der Waals surface area contributed by atoms with E-state index < -0.39 is 0 Å². The van der Waals surface area contributed by atoms with Gasteiger partial charge in [0.25, 0.3) is 0 Å². The van der Waals surface area contributed by atoms with Crippen LogP contribution in [0.15, 0.2) is 36.4 Å². The number of benzene rings is 2. The number of methoxy groups -OCH3 is 2. The molecule has 0 radical (unpaired) electrons. The predicted octanol–water partition coefficient (Wildman–Crippen LogP) is 4.78. The van der Waals surface area contributed by atoms with E-state index >= 15 is 0 Å². The van der Waals surface area contributed by atoms with Crippen LogP contribution in [0.25, 0.3) is 0 Å². The van der Waals surface area contributed by atoms with Crippen LogP contribution in [0.3, 0.4) is 0 Å². The van der Waals surface area contributed by atoms with E-state index in [4.69, 9.17) is 9.47 Å². The molecule has 6 nitrogen and oxygen atoms in total. The van der Waals surface area contributed by atoms with Gasteiger partial charge in [0.15, 0.2) is 11.5 Å². The van der Waals surface area contributed by atoms with Crippen molar-refractivity contribution in [2.24, 2.45) is 5.92 Å². The van der Waals surface area contributed by atoms with E-state index in [-0.39, 0.29) is 24.0 Å². The van der Waals surface area contributed by atoms with E-state index in [9.17, 15) is 4.79 Å². The highest BCUT2D eigenvalue weighted by atomic mass is 16.5. The first-order valence-electron chi connectivity index (χ1n) is 11.0. The van der Waals surface area contributed by atoms with E-state index in [1.165, 1.54) is 11.1 Å². The van der Waals surface area contributed by atoms with Crippen LogP contribution in [0.5, 0.6) is 11.5 Å². The minimum absolute atomic E-state index is 0.0531. The third kappa shape index (κ3) is 5.13. The number of hydrogen-bond donors (Lipinski definition) is 2. The maximum absolute atomic E-state index is 12.9. The molecule has 0 saturated carbocycles. The van der Waals surface area contributed by atoms with Crippen molar-refractivity contribution < 1.29 is 14.3 Å². The van der Waals surface area contributed by atoms with Gasteiger partial charge in [-0.05, 0) is 61.2 Å². The number of ether oxygens (including phenoxy) is 2. The molecule has 2 aromatic carbocycles. The Morgan fingerprint density at radius 2 is 1.77 bits per heavy atom. The highest BCUT2D eigenvalue weighted by Crippen LogP contribution is 2.40. The molecule has 168 valence electrons. The molecule has 2 amide bonds. The van der Waals surface area contributed by atoms with Crippen LogP contribution in [-0.4, -0.2) is 44.3 Å². The third-order valence-corrected chi connectivity index (χ3v) is 6.10.